The molecule has 0 saturated heterocycles. The topological polar surface area (TPSA) is 17.1 Å². The molecule has 0 aliphatic rings. The summed E-state index contributed by atoms with van der Waals surface area (Å²) in [6.45, 7) is 1.74. The van der Waals surface area contributed by atoms with E-state index in [0.29, 0.717) is 21.7 Å². The summed E-state index contributed by atoms with van der Waals surface area (Å²) in [6.07, 6.45) is -4.33. The lowest BCUT2D eigenvalue weighted by Crippen LogP contribution is -2.07. The molecule has 2 aromatic rings. The van der Waals surface area contributed by atoms with Gasteiger partial charge in [-0.05, 0) is 36.2 Å². The number of Topliss-reactive ketones (excluding diaryl/α,β-unsaturated/α-hetero) is 1. The van der Waals surface area contributed by atoms with Crippen molar-refractivity contribution in [1.82, 2.24) is 0 Å². The third-order valence-electron chi connectivity index (χ3n) is 3.21. The van der Waals surface area contributed by atoms with E-state index in [0.717, 1.165) is 12.1 Å². The second kappa shape index (κ2) is 5.90. The molecule has 0 aromatic heterocycles. The van der Waals surface area contributed by atoms with E-state index in [1.54, 1.807) is 25.1 Å². The first-order valence-electron chi connectivity index (χ1n) is 6.23. The molecule has 0 aliphatic heterocycles. The molecule has 0 atom stereocenters. The number of benzene rings is 2. The van der Waals surface area contributed by atoms with Gasteiger partial charge >= 0.3 is 6.18 Å². The second-order valence-electron chi connectivity index (χ2n) is 4.71. The average Bonchev–Trinajstić information content (AvgIpc) is 2.41. The van der Waals surface area contributed by atoms with Crippen LogP contribution >= 0.6 is 11.6 Å². The molecule has 2 aromatic carbocycles. The van der Waals surface area contributed by atoms with Crippen LogP contribution in [-0.2, 0) is 12.6 Å². The monoisotopic (exact) mass is 312 g/mol. The van der Waals surface area contributed by atoms with Crippen LogP contribution in [0.15, 0.2) is 42.5 Å². The van der Waals surface area contributed by atoms with E-state index >= 15 is 0 Å². The molecule has 0 unspecified atom stereocenters. The van der Waals surface area contributed by atoms with Crippen molar-refractivity contribution >= 4 is 17.4 Å². The SMILES string of the molecule is Cc1c(Cl)cccc1C(=O)Cc1ccc(C(F)(F)F)cc1. The first-order chi connectivity index (χ1) is 9.79. The zero-order valence-corrected chi connectivity index (χ0v) is 11.9. The molecule has 110 valence electrons. The van der Waals surface area contributed by atoms with Gasteiger partial charge in [-0.3, -0.25) is 4.79 Å². The predicted molar refractivity (Wildman–Crippen MR) is 75.7 cm³/mol. The smallest absolute Gasteiger partial charge is 0.294 e. The van der Waals surface area contributed by atoms with Gasteiger partial charge in [-0.15, -0.1) is 0 Å². The molecule has 0 spiro atoms. The average molecular weight is 313 g/mol. The number of ketones is 1. The molecule has 0 bridgehead atoms. The van der Waals surface area contributed by atoms with Crippen LogP contribution in [0.1, 0.15) is 27.0 Å². The minimum atomic E-state index is -4.37. The van der Waals surface area contributed by atoms with Crippen molar-refractivity contribution in [3.05, 3.63) is 69.7 Å². The Morgan fingerprint density at radius 3 is 2.29 bits per heavy atom. The Kier molecular flexibility index (Phi) is 4.37. The Balaban J connectivity index is 2.18. The van der Waals surface area contributed by atoms with E-state index in [1.165, 1.54) is 12.1 Å². The van der Waals surface area contributed by atoms with E-state index in [9.17, 15) is 18.0 Å². The van der Waals surface area contributed by atoms with Gasteiger partial charge in [0.05, 0.1) is 5.56 Å². The first-order valence-corrected chi connectivity index (χ1v) is 6.61. The van der Waals surface area contributed by atoms with Crippen molar-refractivity contribution in [3.8, 4) is 0 Å². The third-order valence-corrected chi connectivity index (χ3v) is 3.62. The molecule has 0 amide bonds. The molecule has 5 heteroatoms. The van der Waals surface area contributed by atoms with Crippen molar-refractivity contribution < 1.29 is 18.0 Å². The fourth-order valence-corrected chi connectivity index (χ4v) is 2.18. The zero-order valence-electron chi connectivity index (χ0n) is 11.2. The standard InChI is InChI=1S/C16H12ClF3O/c1-10-13(3-2-4-14(10)17)15(21)9-11-5-7-12(8-6-11)16(18,19)20/h2-8H,9H2,1H3. The van der Waals surface area contributed by atoms with Crippen molar-refractivity contribution in [2.24, 2.45) is 0 Å². The van der Waals surface area contributed by atoms with Crippen LogP contribution in [0, 0.1) is 6.92 Å². The van der Waals surface area contributed by atoms with Gasteiger partial charge in [0.1, 0.15) is 0 Å². The van der Waals surface area contributed by atoms with Crippen molar-refractivity contribution in [1.29, 1.82) is 0 Å². The van der Waals surface area contributed by atoms with Crippen LogP contribution in [0.25, 0.3) is 0 Å². The van der Waals surface area contributed by atoms with Gasteiger partial charge < -0.3 is 0 Å². The third kappa shape index (κ3) is 3.64. The molecular weight excluding hydrogens is 301 g/mol. The Hall–Kier alpha value is -1.81. The summed E-state index contributed by atoms with van der Waals surface area (Å²) >= 11 is 5.95. The lowest BCUT2D eigenvalue weighted by atomic mass is 9.98. The quantitative estimate of drug-likeness (QED) is 0.721. The van der Waals surface area contributed by atoms with Crippen LogP contribution in [0.3, 0.4) is 0 Å². The fraction of sp³-hybridized carbons (Fsp3) is 0.188. The largest absolute Gasteiger partial charge is 0.416 e. The molecule has 0 N–H and O–H groups in total. The van der Waals surface area contributed by atoms with E-state index in [-0.39, 0.29) is 12.2 Å². The van der Waals surface area contributed by atoms with Crippen molar-refractivity contribution in [3.63, 3.8) is 0 Å². The normalized spacial score (nSPS) is 11.5. The van der Waals surface area contributed by atoms with E-state index < -0.39 is 11.7 Å². The minimum absolute atomic E-state index is 0.0410. The van der Waals surface area contributed by atoms with Crippen molar-refractivity contribution in [2.75, 3.05) is 0 Å². The van der Waals surface area contributed by atoms with Gasteiger partial charge in [-0.25, -0.2) is 0 Å². The fourth-order valence-electron chi connectivity index (χ4n) is 2.00. The first kappa shape index (κ1) is 15.6. The van der Waals surface area contributed by atoms with Crippen LogP contribution in [0.4, 0.5) is 13.2 Å². The summed E-state index contributed by atoms with van der Waals surface area (Å²) in [5.41, 5.74) is 0.975. The Morgan fingerprint density at radius 1 is 1.10 bits per heavy atom. The molecule has 0 aliphatic carbocycles. The number of rotatable bonds is 3. The Bertz CT molecular complexity index is 660. The number of halogens is 4. The second-order valence-corrected chi connectivity index (χ2v) is 5.11. The Labute approximate surface area is 125 Å². The molecule has 21 heavy (non-hydrogen) atoms. The molecule has 0 heterocycles. The van der Waals surface area contributed by atoms with Crippen LogP contribution in [0.2, 0.25) is 5.02 Å². The van der Waals surface area contributed by atoms with E-state index in [1.807, 2.05) is 0 Å². The summed E-state index contributed by atoms with van der Waals surface area (Å²) in [7, 11) is 0. The lowest BCUT2D eigenvalue weighted by molar-refractivity contribution is -0.137. The summed E-state index contributed by atoms with van der Waals surface area (Å²) in [5.74, 6) is -0.172. The number of hydrogen-bond donors (Lipinski definition) is 0. The highest BCUT2D eigenvalue weighted by Crippen LogP contribution is 2.29. The van der Waals surface area contributed by atoms with Gasteiger partial charge in [0, 0.05) is 17.0 Å². The number of alkyl halides is 3. The number of carbonyl (C=O) groups is 1. The van der Waals surface area contributed by atoms with Gasteiger partial charge in [-0.2, -0.15) is 13.2 Å². The summed E-state index contributed by atoms with van der Waals surface area (Å²) in [4.78, 5) is 12.2. The molecule has 1 nitrogen and oxygen atoms in total. The highest BCUT2D eigenvalue weighted by Gasteiger charge is 2.30. The molecule has 2 rings (SSSR count). The summed E-state index contributed by atoms with van der Waals surface area (Å²) in [6, 6.07) is 9.62. The summed E-state index contributed by atoms with van der Waals surface area (Å²) in [5, 5.41) is 0.494. The highest BCUT2D eigenvalue weighted by atomic mass is 35.5. The van der Waals surface area contributed by atoms with E-state index in [2.05, 4.69) is 0 Å². The lowest BCUT2D eigenvalue weighted by Gasteiger charge is -2.09. The maximum absolute atomic E-state index is 12.5. The molecule has 0 radical (unpaired) electrons. The van der Waals surface area contributed by atoms with Gasteiger partial charge in [-0.1, -0.05) is 35.9 Å². The maximum atomic E-state index is 12.5. The maximum Gasteiger partial charge on any atom is 0.416 e. The Morgan fingerprint density at radius 2 is 1.71 bits per heavy atom. The van der Waals surface area contributed by atoms with Crippen LogP contribution in [-0.4, -0.2) is 5.78 Å². The van der Waals surface area contributed by atoms with E-state index in [4.69, 9.17) is 11.6 Å². The number of hydrogen-bond acceptors (Lipinski definition) is 1. The van der Waals surface area contributed by atoms with Gasteiger partial charge in [0.25, 0.3) is 0 Å². The van der Waals surface area contributed by atoms with Crippen LogP contribution in [0.5, 0.6) is 0 Å². The van der Waals surface area contributed by atoms with Crippen LogP contribution < -0.4 is 0 Å². The van der Waals surface area contributed by atoms with Gasteiger partial charge in [0.15, 0.2) is 5.78 Å². The predicted octanol–water partition coefficient (Wildman–Crippen LogP) is 5.09. The molecule has 0 fully saturated rings. The van der Waals surface area contributed by atoms with Gasteiger partial charge in [0.2, 0.25) is 0 Å². The highest BCUT2D eigenvalue weighted by molar-refractivity contribution is 6.31. The molecule has 0 saturated carbocycles. The zero-order chi connectivity index (χ0) is 15.6. The van der Waals surface area contributed by atoms with Crippen molar-refractivity contribution in [2.45, 2.75) is 19.5 Å². The summed E-state index contributed by atoms with van der Waals surface area (Å²) < 4.78 is 37.4. The number of carbonyl (C=O) groups excluding carboxylic acids is 1. The molecular formula is C16H12ClF3O. The minimum Gasteiger partial charge on any atom is -0.294 e.